The monoisotopic (exact) mass is 373 g/mol. The van der Waals surface area contributed by atoms with Crippen LogP contribution in [0.3, 0.4) is 0 Å². The molecule has 0 spiro atoms. The van der Waals surface area contributed by atoms with E-state index in [-0.39, 0.29) is 5.41 Å². The fourth-order valence-corrected chi connectivity index (χ4v) is 4.34. The van der Waals surface area contributed by atoms with Crippen LogP contribution in [0.25, 0.3) is 0 Å². The Bertz CT molecular complexity index is 620. The van der Waals surface area contributed by atoms with Crippen LogP contribution in [0.1, 0.15) is 37.3 Å². The summed E-state index contributed by atoms with van der Waals surface area (Å²) in [6.07, 6.45) is 3.20. The Morgan fingerprint density at radius 1 is 1.22 bits per heavy atom. The average molecular weight is 374 g/mol. The molecule has 5 nitrogen and oxygen atoms in total. The van der Waals surface area contributed by atoms with Crippen molar-refractivity contribution in [2.45, 2.75) is 38.5 Å². The smallest absolute Gasteiger partial charge is 0.193 e. The minimum atomic E-state index is 0.0710. The first-order valence-corrected chi connectivity index (χ1v) is 10.4. The van der Waals surface area contributed by atoms with Gasteiger partial charge < -0.3 is 19.7 Å². The highest BCUT2D eigenvalue weighted by Gasteiger charge is 2.35. The number of aliphatic imine (C=N–C) groups is 1. The molecule has 5 heteroatoms. The number of hydrogen-bond donors (Lipinski definition) is 1. The molecule has 1 N–H and O–H groups in total. The van der Waals surface area contributed by atoms with Crippen molar-refractivity contribution in [3.05, 3.63) is 35.4 Å². The van der Waals surface area contributed by atoms with Crippen molar-refractivity contribution in [3.63, 3.8) is 0 Å². The van der Waals surface area contributed by atoms with Gasteiger partial charge in [-0.25, -0.2) is 0 Å². The van der Waals surface area contributed by atoms with E-state index in [1.54, 1.807) is 0 Å². The molecular formula is C22H35N3O2. The summed E-state index contributed by atoms with van der Waals surface area (Å²) in [5.41, 5.74) is 2.86. The average Bonchev–Trinajstić information content (AvgIpc) is 3.19. The summed E-state index contributed by atoms with van der Waals surface area (Å²) in [5.74, 6) is 1.61. The molecule has 3 rings (SSSR count). The van der Waals surface area contributed by atoms with Gasteiger partial charge in [-0.3, -0.25) is 4.99 Å². The fourth-order valence-electron chi connectivity index (χ4n) is 4.34. The van der Waals surface area contributed by atoms with Crippen molar-refractivity contribution in [2.75, 3.05) is 53.1 Å². The maximum atomic E-state index is 5.69. The van der Waals surface area contributed by atoms with Crippen LogP contribution >= 0.6 is 0 Å². The van der Waals surface area contributed by atoms with Crippen LogP contribution in [0, 0.1) is 12.8 Å². The lowest BCUT2D eigenvalue weighted by Crippen LogP contribution is -2.43. The number of hydrogen-bond acceptors (Lipinski definition) is 3. The van der Waals surface area contributed by atoms with Gasteiger partial charge in [-0.1, -0.05) is 24.3 Å². The molecule has 2 saturated heterocycles. The first-order chi connectivity index (χ1) is 13.1. The van der Waals surface area contributed by atoms with Crippen LogP contribution in [0.2, 0.25) is 0 Å². The molecule has 1 aromatic rings. The largest absolute Gasteiger partial charge is 0.381 e. The molecule has 1 aromatic carbocycles. The minimum Gasteiger partial charge on any atom is -0.381 e. The molecular weight excluding hydrogens is 338 g/mol. The number of ether oxygens (including phenoxy) is 2. The highest BCUT2D eigenvalue weighted by Crippen LogP contribution is 2.37. The molecule has 0 aromatic heterocycles. The Morgan fingerprint density at radius 2 is 2.00 bits per heavy atom. The summed E-state index contributed by atoms with van der Waals surface area (Å²) in [6.45, 7) is 10.4. The van der Waals surface area contributed by atoms with E-state index in [1.807, 2.05) is 0 Å². The molecule has 0 saturated carbocycles. The third kappa shape index (κ3) is 5.02. The third-order valence-corrected chi connectivity index (χ3v) is 5.95. The Balaban J connectivity index is 1.79. The second-order valence-corrected chi connectivity index (χ2v) is 7.99. The van der Waals surface area contributed by atoms with Gasteiger partial charge in [0, 0.05) is 51.3 Å². The van der Waals surface area contributed by atoms with E-state index < -0.39 is 0 Å². The lowest BCUT2D eigenvalue weighted by Gasteiger charge is -2.38. The molecule has 2 aliphatic rings. The first kappa shape index (κ1) is 20.2. The van der Waals surface area contributed by atoms with Crippen LogP contribution in [0.4, 0.5) is 0 Å². The van der Waals surface area contributed by atoms with Crippen LogP contribution in [0.5, 0.6) is 0 Å². The van der Waals surface area contributed by atoms with Crippen molar-refractivity contribution in [3.8, 4) is 0 Å². The maximum Gasteiger partial charge on any atom is 0.193 e. The van der Waals surface area contributed by atoms with Gasteiger partial charge >= 0.3 is 0 Å². The second kappa shape index (κ2) is 9.56. The van der Waals surface area contributed by atoms with Crippen molar-refractivity contribution >= 4 is 5.96 Å². The zero-order valence-corrected chi connectivity index (χ0v) is 17.2. The Morgan fingerprint density at radius 3 is 2.67 bits per heavy atom. The van der Waals surface area contributed by atoms with E-state index in [0.717, 1.165) is 71.3 Å². The number of rotatable bonds is 6. The zero-order valence-electron chi connectivity index (χ0n) is 17.2. The lowest BCUT2D eigenvalue weighted by molar-refractivity contribution is 0.0528. The molecule has 2 aliphatic heterocycles. The third-order valence-electron chi connectivity index (χ3n) is 5.95. The van der Waals surface area contributed by atoms with Gasteiger partial charge in [-0.15, -0.1) is 0 Å². The van der Waals surface area contributed by atoms with Gasteiger partial charge in [0.25, 0.3) is 0 Å². The number of nitrogens with zero attached hydrogens (tertiary/aromatic N) is 2. The van der Waals surface area contributed by atoms with Gasteiger partial charge in [-0.05, 0) is 44.2 Å². The van der Waals surface area contributed by atoms with Crippen molar-refractivity contribution < 1.29 is 9.47 Å². The molecule has 2 fully saturated rings. The summed E-state index contributed by atoms with van der Waals surface area (Å²) in [7, 11) is 2.14. The standard InChI is InChI=1S/C22H35N3O2/c1-4-23-21(25(3)15-19-9-12-27-16-19)24-17-22(10-13-26-14-11-22)20-8-6-5-7-18(20)2/h5-8,19H,4,9-17H2,1-3H3,(H,23,24). The highest BCUT2D eigenvalue weighted by atomic mass is 16.5. The van der Waals surface area contributed by atoms with Crippen molar-refractivity contribution in [2.24, 2.45) is 10.9 Å². The van der Waals surface area contributed by atoms with Crippen LogP contribution in [0.15, 0.2) is 29.3 Å². The molecule has 2 heterocycles. The van der Waals surface area contributed by atoms with Gasteiger partial charge in [0.05, 0.1) is 13.2 Å². The van der Waals surface area contributed by atoms with Crippen LogP contribution in [-0.2, 0) is 14.9 Å². The molecule has 0 bridgehead atoms. The SMILES string of the molecule is CCNC(=NCC1(c2ccccc2C)CCOCC1)N(C)CC1CCOC1. The van der Waals surface area contributed by atoms with E-state index in [1.165, 1.54) is 11.1 Å². The highest BCUT2D eigenvalue weighted by molar-refractivity contribution is 5.79. The van der Waals surface area contributed by atoms with E-state index in [2.05, 4.69) is 55.4 Å². The van der Waals surface area contributed by atoms with Crippen molar-refractivity contribution in [1.29, 1.82) is 0 Å². The Labute approximate surface area is 164 Å². The van der Waals surface area contributed by atoms with Crippen molar-refractivity contribution in [1.82, 2.24) is 10.2 Å². The van der Waals surface area contributed by atoms with E-state index in [4.69, 9.17) is 14.5 Å². The van der Waals surface area contributed by atoms with E-state index in [0.29, 0.717) is 5.92 Å². The molecule has 1 unspecified atom stereocenters. The normalized spacial score (nSPS) is 22.6. The van der Waals surface area contributed by atoms with Gasteiger partial charge in [0.1, 0.15) is 0 Å². The first-order valence-electron chi connectivity index (χ1n) is 10.4. The van der Waals surface area contributed by atoms with Gasteiger partial charge in [-0.2, -0.15) is 0 Å². The lowest BCUT2D eigenvalue weighted by atomic mass is 9.72. The molecule has 27 heavy (non-hydrogen) atoms. The van der Waals surface area contributed by atoms with Crippen LogP contribution < -0.4 is 5.32 Å². The number of benzene rings is 1. The fraction of sp³-hybridized carbons (Fsp3) is 0.682. The molecule has 1 atom stereocenters. The number of nitrogens with one attached hydrogen (secondary N) is 1. The molecule has 0 amide bonds. The maximum absolute atomic E-state index is 5.69. The summed E-state index contributed by atoms with van der Waals surface area (Å²) in [4.78, 5) is 7.38. The Hall–Kier alpha value is -1.59. The van der Waals surface area contributed by atoms with Crippen LogP contribution in [-0.4, -0.2) is 64.0 Å². The number of guanidine groups is 1. The molecule has 0 aliphatic carbocycles. The van der Waals surface area contributed by atoms with E-state index in [9.17, 15) is 0 Å². The summed E-state index contributed by atoms with van der Waals surface area (Å²) >= 11 is 0. The predicted octanol–water partition coefficient (Wildman–Crippen LogP) is 2.98. The van der Waals surface area contributed by atoms with Gasteiger partial charge in [0.15, 0.2) is 5.96 Å². The second-order valence-electron chi connectivity index (χ2n) is 7.99. The molecule has 150 valence electrons. The summed E-state index contributed by atoms with van der Waals surface area (Å²) in [6, 6.07) is 8.77. The predicted molar refractivity (Wildman–Crippen MR) is 110 cm³/mol. The quantitative estimate of drug-likeness (QED) is 0.615. The number of aryl methyl sites for hydroxylation is 1. The molecule has 0 radical (unpaired) electrons. The summed E-state index contributed by atoms with van der Waals surface area (Å²) in [5, 5.41) is 3.48. The van der Waals surface area contributed by atoms with E-state index >= 15 is 0 Å². The minimum absolute atomic E-state index is 0.0710. The Kier molecular flexibility index (Phi) is 7.13. The topological polar surface area (TPSA) is 46.1 Å². The zero-order chi connectivity index (χ0) is 19.1. The summed E-state index contributed by atoms with van der Waals surface area (Å²) < 4.78 is 11.2. The van der Waals surface area contributed by atoms with Gasteiger partial charge in [0.2, 0.25) is 0 Å².